The fraction of sp³-hybridized carbons (Fsp3) is 0.846. The summed E-state index contributed by atoms with van der Waals surface area (Å²) in [4.78, 5) is 9.71. The Labute approximate surface area is 113 Å². The molecule has 0 saturated carbocycles. The third-order valence-corrected chi connectivity index (χ3v) is 4.90. The van der Waals surface area contributed by atoms with Crippen LogP contribution in [0.1, 0.15) is 31.1 Å². The van der Waals surface area contributed by atoms with Gasteiger partial charge in [0.05, 0.1) is 11.5 Å². The summed E-state index contributed by atoms with van der Waals surface area (Å²) in [5.41, 5.74) is 0.0224. The first-order valence-electron chi connectivity index (χ1n) is 7.26. The molecule has 0 aromatic carbocycles. The normalized spacial score (nSPS) is 41.8. The van der Waals surface area contributed by atoms with Crippen molar-refractivity contribution in [1.29, 1.82) is 0 Å². The average molecular weight is 263 g/mol. The van der Waals surface area contributed by atoms with E-state index in [0.29, 0.717) is 6.04 Å². The van der Waals surface area contributed by atoms with Crippen molar-refractivity contribution < 1.29 is 4.52 Å². The molecule has 0 amide bonds. The van der Waals surface area contributed by atoms with Crippen molar-refractivity contribution in [3.8, 4) is 0 Å². The summed E-state index contributed by atoms with van der Waals surface area (Å²) >= 11 is 0. The number of piperazine rings is 3. The predicted molar refractivity (Wildman–Crippen MR) is 69.9 cm³/mol. The van der Waals surface area contributed by atoms with Crippen LogP contribution in [0.25, 0.3) is 0 Å². The second kappa shape index (κ2) is 4.26. The highest BCUT2D eigenvalue weighted by atomic mass is 16.5. The van der Waals surface area contributed by atoms with Crippen molar-refractivity contribution in [2.45, 2.75) is 24.8 Å². The van der Waals surface area contributed by atoms with Crippen LogP contribution in [0.2, 0.25) is 0 Å². The number of aromatic nitrogens is 2. The maximum atomic E-state index is 5.57. The first-order valence-corrected chi connectivity index (χ1v) is 7.26. The van der Waals surface area contributed by atoms with Gasteiger partial charge >= 0.3 is 0 Å². The Bertz CT molecular complexity index is 459. The Morgan fingerprint density at radius 2 is 2.16 bits per heavy atom. The van der Waals surface area contributed by atoms with Crippen LogP contribution in [-0.4, -0.2) is 65.8 Å². The Balaban J connectivity index is 1.58. The highest BCUT2D eigenvalue weighted by Gasteiger charge is 2.39. The first kappa shape index (κ1) is 11.8. The lowest BCUT2D eigenvalue weighted by atomic mass is 9.90. The topological polar surface area (TPSA) is 57.4 Å². The van der Waals surface area contributed by atoms with E-state index in [-0.39, 0.29) is 5.41 Å². The van der Waals surface area contributed by atoms with Gasteiger partial charge in [0, 0.05) is 39.3 Å². The van der Waals surface area contributed by atoms with Crippen LogP contribution < -0.4 is 5.32 Å². The maximum absolute atomic E-state index is 5.57. The van der Waals surface area contributed by atoms with Crippen LogP contribution in [0.4, 0.5) is 0 Å². The molecule has 6 heteroatoms. The molecule has 19 heavy (non-hydrogen) atoms. The number of hydrogen-bond acceptors (Lipinski definition) is 6. The van der Waals surface area contributed by atoms with E-state index in [9.17, 15) is 0 Å². The number of rotatable bonds is 2. The molecule has 1 N–H and O–H groups in total. The third kappa shape index (κ3) is 1.89. The molecule has 1 aromatic heterocycles. The fourth-order valence-electron chi connectivity index (χ4n) is 3.48. The van der Waals surface area contributed by atoms with E-state index < -0.39 is 0 Å². The minimum Gasteiger partial charge on any atom is -0.339 e. The lowest BCUT2D eigenvalue weighted by Crippen LogP contribution is -2.57. The highest BCUT2D eigenvalue weighted by Crippen LogP contribution is 2.32. The minimum atomic E-state index is 0.0224. The van der Waals surface area contributed by atoms with Crippen LogP contribution in [-0.2, 0) is 5.41 Å². The van der Waals surface area contributed by atoms with Crippen LogP contribution >= 0.6 is 0 Å². The summed E-state index contributed by atoms with van der Waals surface area (Å²) in [7, 11) is 0. The molecule has 2 unspecified atom stereocenters. The van der Waals surface area contributed by atoms with Gasteiger partial charge in [-0.1, -0.05) is 5.16 Å². The molecule has 6 nitrogen and oxygen atoms in total. The van der Waals surface area contributed by atoms with E-state index in [1.54, 1.807) is 0 Å². The second-order valence-electron chi connectivity index (χ2n) is 6.30. The van der Waals surface area contributed by atoms with Crippen molar-refractivity contribution in [2.75, 3.05) is 45.8 Å². The molecule has 2 atom stereocenters. The van der Waals surface area contributed by atoms with Crippen LogP contribution in [0, 0.1) is 0 Å². The number of hydrogen-bond donors (Lipinski definition) is 1. The molecule has 2 bridgehead atoms. The molecular weight excluding hydrogens is 242 g/mol. The van der Waals surface area contributed by atoms with Gasteiger partial charge in [-0.2, -0.15) is 4.98 Å². The largest absolute Gasteiger partial charge is 0.339 e. The van der Waals surface area contributed by atoms with Crippen molar-refractivity contribution >= 4 is 0 Å². The highest BCUT2D eigenvalue weighted by molar-refractivity contribution is 5.10. The third-order valence-electron chi connectivity index (χ3n) is 4.90. The van der Waals surface area contributed by atoms with Gasteiger partial charge in [-0.05, 0) is 19.9 Å². The molecule has 0 radical (unpaired) electrons. The van der Waals surface area contributed by atoms with E-state index in [0.717, 1.165) is 50.9 Å². The van der Waals surface area contributed by atoms with Crippen LogP contribution in [0.3, 0.4) is 0 Å². The fourth-order valence-corrected chi connectivity index (χ4v) is 3.48. The van der Waals surface area contributed by atoms with Crippen LogP contribution in [0.5, 0.6) is 0 Å². The van der Waals surface area contributed by atoms with Gasteiger partial charge in [-0.15, -0.1) is 0 Å². The number of nitrogens with one attached hydrogen (secondary N) is 1. The summed E-state index contributed by atoms with van der Waals surface area (Å²) in [5.74, 6) is 1.69. The van der Waals surface area contributed by atoms with E-state index in [1.807, 2.05) is 0 Å². The minimum absolute atomic E-state index is 0.0224. The molecule has 4 fully saturated rings. The molecule has 4 saturated heterocycles. The summed E-state index contributed by atoms with van der Waals surface area (Å²) in [6, 6.07) is 0.331. The Morgan fingerprint density at radius 3 is 2.79 bits per heavy atom. The van der Waals surface area contributed by atoms with E-state index >= 15 is 0 Å². The lowest BCUT2D eigenvalue weighted by molar-refractivity contribution is 0.00781. The maximum Gasteiger partial charge on any atom is 0.233 e. The number of nitrogens with zero attached hydrogens (tertiary/aromatic N) is 4. The number of fused-ring (bicyclic) bond motifs is 3. The van der Waals surface area contributed by atoms with Gasteiger partial charge in [-0.25, -0.2) is 0 Å². The summed E-state index contributed by atoms with van der Waals surface area (Å²) in [5, 5.41) is 7.65. The van der Waals surface area contributed by atoms with Gasteiger partial charge in [0.2, 0.25) is 5.89 Å². The molecule has 0 spiro atoms. The molecule has 1 aromatic rings. The van der Waals surface area contributed by atoms with Crippen molar-refractivity contribution in [1.82, 2.24) is 25.3 Å². The van der Waals surface area contributed by atoms with E-state index in [2.05, 4.69) is 27.2 Å². The zero-order valence-electron chi connectivity index (χ0n) is 11.4. The summed E-state index contributed by atoms with van der Waals surface area (Å²) < 4.78 is 5.57. The molecule has 104 valence electrons. The van der Waals surface area contributed by atoms with Gasteiger partial charge in [-0.3, -0.25) is 9.80 Å². The molecule has 4 aliphatic rings. The Hall–Kier alpha value is -0.980. The van der Waals surface area contributed by atoms with E-state index in [4.69, 9.17) is 9.51 Å². The molecular formula is C13H21N5O. The molecule has 4 aliphatic heterocycles. The zero-order valence-corrected chi connectivity index (χ0v) is 11.4. The van der Waals surface area contributed by atoms with Gasteiger partial charge in [0.25, 0.3) is 0 Å². The summed E-state index contributed by atoms with van der Waals surface area (Å²) in [6.45, 7) is 9.87. The SMILES string of the molecule is CC1(c2nc(C3CN4CCN3CC4)no2)CCNC1. The first-order chi connectivity index (χ1) is 9.24. The summed E-state index contributed by atoms with van der Waals surface area (Å²) in [6.07, 6.45) is 1.08. The van der Waals surface area contributed by atoms with Gasteiger partial charge < -0.3 is 9.84 Å². The van der Waals surface area contributed by atoms with Crippen LogP contribution in [0.15, 0.2) is 4.52 Å². The van der Waals surface area contributed by atoms with Crippen molar-refractivity contribution in [3.05, 3.63) is 11.7 Å². The molecule has 5 heterocycles. The Kier molecular flexibility index (Phi) is 2.65. The average Bonchev–Trinajstić information content (AvgIpc) is 3.09. The standard InChI is InChI=1S/C13H21N5O/c1-13(2-3-14-9-13)12-15-11(16-19-12)10-8-17-4-6-18(10)7-5-17/h10,14H,2-9H2,1H3. The predicted octanol–water partition coefficient (Wildman–Crippen LogP) is -0.00710. The molecule has 0 aliphatic carbocycles. The monoisotopic (exact) mass is 263 g/mol. The molecule has 5 rings (SSSR count). The van der Waals surface area contributed by atoms with Crippen molar-refractivity contribution in [3.63, 3.8) is 0 Å². The quantitative estimate of drug-likeness (QED) is 0.810. The second-order valence-corrected chi connectivity index (χ2v) is 6.30. The lowest BCUT2D eigenvalue weighted by Gasteiger charge is -2.46. The smallest absolute Gasteiger partial charge is 0.233 e. The zero-order chi connectivity index (χ0) is 12.9. The van der Waals surface area contributed by atoms with Gasteiger partial charge in [0.1, 0.15) is 0 Å². The van der Waals surface area contributed by atoms with Crippen molar-refractivity contribution in [2.24, 2.45) is 0 Å². The van der Waals surface area contributed by atoms with Gasteiger partial charge in [0.15, 0.2) is 5.82 Å². The Morgan fingerprint density at radius 1 is 1.32 bits per heavy atom. The van der Waals surface area contributed by atoms with E-state index in [1.165, 1.54) is 13.1 Å².